The standard InChI is InChI=1S/C20H19F4N5O3/c1-11(2)28-16-8-15(21)17(7-13(16)19(30)31-3)32-18-14(20(22,23)24)6-12(9-25-18)10-29-26-4-5-27-29/h4-9,11,28H,10H2,1-3H3. The van der Waals surface area contributed by atoms with Crippen LogP contribution in [-0.4, -0.2) is 39.1 Å². The number of hydrogen-bond acceptors (Lipinski definition) is 7. The van der Waals surface area contributed by atoms with E-state index >= 15 is 0 Å². The van der Waals surface area contributed by atoms with Crippen molar-refractivity contribution >= 4 is 11.7 Å². The van der Waals surface area contributed by atoms with Crippen LogP contribution in [0.5, 0.6) is 11.6 Å². The van der Waals surface area contributed by atoms with E-state index in [-0.39, 0.29) is 29.4 Å². The van der Waals surface area contributed by atoms with Crippen molar-refractivity contribution in [2.24, 2.45) is 0 Å². The van der Waals surface area contributed by atoms with Crippen LogP contribution in [0.1, 0.15) is 35.3 Å². The first-order valence-electron chi connectivity index (χ1n) is 9.35. The van der Waals surface area contributed by atoms with Crippen LogP contribution in [0.3, 0.4) is 0 Å². The van der Waals surface area contributed by atoms with Crippen LogP contribution in [0.2, 0.25) is 0 Å². The average molecular weight is 453 g/mol. The maximum absolute atomic E-state index is 14.6. The van der Waals surface area contributed by atoms with E-state index in [0.29, 0.717) is 0 Å². The molecule has 170 valence electrons. The van der Waals surface area contributed by atoms with Gasteiger partial charge in [0.1, 0.15) is 5.56 Å². The number of rotatable bonds is 7. The van der Waals surface area contributed by atoms with Crippen LogP contribution in [0, 0.1) is 5.82 Å². The zero-order valence-corrected chi connectivity index (χ0v) is 17.3. The highest BCUT2D eigenvalue weighted by Gasteiger charge is 2.36. The van der Waals surface area contributed by atoms with Gasteiger partial charge in [0, 0.05) is 24.4 Å². The first-order valence-corrected chi connectivity index (χ1v) is 9.35. The van der Waals surface area contributed by atoms with Gasteiger partial charge in [0.2, 0.25) is 5.88 Å². The molecule has 3 rings (SSSR count). The molecule has 2 heterocycles. The molecule has 0 spiro atoms. The third-order valence-electron chi connectivity index (χ3n) is 4.13. The number of anilines is 1. The van der Waals surface area contributed by atoms with Crippen LogP contribution < -0.4 is 10.1 Å². The maximum atomic E-state index is 14.6. The molecule has 12 heteroatoms. The smallest absolute Gasteiger partial charge is 0.421 e. The van der Waals surface area contributed by atoms with Crippen molar-refractivity contribution < 1.29 is 31.8 Å². The number of methoxy groups -OCH3 is 1. The van der Waals surface area contributed by atoms with Gasteiger partial charge in [-0.3, -0.25) is 0 Å². The molecule has 0 fully saturated rings. The van der Waals surface area contributed by atoms with Crippen molar-refractivity contribution in [2.45, 2.75) is 32.6 Å². The topological polar surface area (TPSA) is 91.2 Å². The quantitative estimate of drug-likeness (QED) is 0.422. The number of esters is 1. The fourth-order valence-corrected chi connectivity index (χ4v) is 2.80. The van der Waals surface area contributed by atoms with Gasteiger partial charge in [0.05, 0.1) is 37.3 Å². The summed E-state index contributed by atoms with van der Waals surface area (Å²) in [5, 5.41) is 10.5. The SMILES string of the molecule is COC(=O)c1cc(Oc2ncc(Cn3nccn3)cc2C(F)(F)F)c(F)cc1NC(C)C. The van der Waals surface area contributed by atoms with E-state index < -0.39 is 35.2 Å². The number of aromatic nitrogens is 4. The number of alkyl halides is 3. The Hall–Kier alpha value is -3.70. The predicted molar refractivity (Wildman–Crippen MR) is 105 cm³/mol. The Morgan fingerprint density at radius 1 is 1.19 bits per heavy atom. The molecule has 0 aliphatic heterocycles. The highest BCUT2D eigenvalue weighted by atomic mass is 19.4. The van der Waals surface area contributed by atoms with Gasteiger partial charge in [0.25, 0.3) is 0 Å². The van der Waals surface area contributed by atoms with E-state index in [9.17, 15) is 22.4 Å². The maximum Gasteiger partial charge on any atom is 0.421 e. The van der Waals surface area contributed by atoms with Crippen molar-refractivity contribution in [3.63, 3.8) is 0 Å². The largest absolute Gasteiger partial charge is 0.465 e. The van der Waals surface area contributed by atoms with Crippen LogP contribution in [0.4, 0.5) is 23.2 Å². The van der Waals surface area contributed by atoms with E-state index in [1.807, 2.05) is 0 Å². The van der Waals surface area contributed by atoms with E-state index in [4.69, 9.17) is 4.74 Å². The van der Waals surface area contributed by atoms with Gasteiger partial charge < -0.3 is 14.8 Å². The number of pyridine rings is 1. The Bertz CT molecular complexity index is 1100. The van der Waals surface area contributed by atoms with E-state index in [0.717, 1.165) is 31.5 Å². The molecule has 0 saturated carbocycles. The number of ether oxygens (including phenoxy) is 2. The average Bonchev–Trinajstić information content (AvgIpc) is 3.22. The van der Waals surface area contributed by atoms with Gasteiger partial charge in [-0.05, 0) is 25.5 Å². The molecule has 0 aliphatic rings. The number of halogens is 4. The summed E-state index contributed by atoms with van der Waals surface area (Å²) in [6, 6.07) is 2.58. The second-order valence-electron chi connectivity index (χ2n) is 6.97. The minimum absolute atomic E-state index is 0.0558. The van der Waals surface area contributed by atoms with Gasteiger partial charge >= 0.3 is 12.1 Å². The third-order valence-corrected chi connectivity index (χ3v) is 4.13. The minimum Gasteiger partial charge on any atom is -0.465 e. The molecule has 0 amide bonds. The highest BCUT2D eigenvalue weighted by Crippen LogP contribution is 2.39. The zero-order valence-electron chi connectivity index (χ0n) is 17.3. The number of hydrogen-bond donors (Lipinski definition) is 1. The fourth-order valence-electron chi connectivity index (χ4n) is 2.80. The summed E-state index contributed by atoms with van der Waals surface area (Å²) in [6.07, 6.45) is -0.928. The Kier molecular flexibility index (Phi) is 6.61. The molecule has 0 saturated heterocycles. The van der Waals surface area contributed by atoms with Crippen molar-refractivity contribution in [3.8, 4) is 11.6 Å². The first-order chi connectivity index (χ1) is 15.1. The lowest BCUT2D eigenvalue weighted by Crippen LogP contribution is -2.15. The second-order valence-corrected chi connectivity index (χ2v) is 6.97. The molecule has 0 unspecified atom stereocenters. The number of carbonyl (C=O) groups excluding carboxylic acids is 1. The normalized spacial score (nSPS) is 11.5. The monoisotopic (exact) mass is 453 g/mol. The Morgan fingerprint density at radius 3 is 2.47 bits per heavy atom. The number of nitrogens with zero attached hydrogens (tertiary/aromatic N) is 4. The van der Waals surface area contributed by atoms with Gasteiger partial charge in [-0.2, -0.15) is 28.2 Å². The Labute approximate surface area is 180 Å². The first kappa shape index (κ1) is 23.0. The molecule has 0 radical (unpaired) electrons. The van der Waals surface area contributed by atoms with Gasteiger partial charge in [-0.25, -0.2) is 14.2 Å². The molecule has 1 aromatic carbocycles. The van der Waals surface area contributed by atoms with Crippen molar-refractivity contribution in [1.82, 2.24) is 20.0 Å². The summed E-state index contributed by atoms with van der Waals surface area (Å²) >= 11 is 0. The molecule has 0 bridgehead atoms. The van der Waals surface area contributed by atoms with Crippen molar-refractivity contribution in [1.29, 1.82) is 0 Å². The highest BCUT2D eigenvalue weighted by molar-refractivity contribution is 5.96. The van der Waals surface area contributed by atoms with Crippen molar-refractivity contribution in [2.75, 3.05) is 12.4 Å². The molecule has 32 heavy (non-hydrogen) atoms. The van der Waals surface area contributed by atoms with Crippen LogP contribution in [0.15, 0.2) is 36.8 Å². The Balaban J connectivity index is 2.00. The van der Waals surface area contributed by atoms with Crippen LogP contribution >= 0.6 is 0 Å². The van der Waals surface area contributed by atoms with Gasteiger partial charge in [-0.1, -0.05) is 0 Å². The molecule has 1 N–H and O–H groups in total. The summed E-state index contributed by atoms with van der Waals surface area (Å²) in [7, 11) is 1.13. The van der Waals surface area contributed by atoms with Crippen LogP contribution in [0.25, 0.3) is 0 Å². The second kappa shape index (κ2) is 9.20. The van der Waals surface area contributed by atoms with Crippen LogP contribution in [-0.2, 0) is 17.5 Å². The summed E-state index contributed by atoms with van der Waals surface area (Å²) in [6.45, 7) is 3.48. The number of benzene rings is 1. The molecule has 0 atom stereocenters. The number of carbonyl (C=O) groups is 1. The summed E-state index contributed by atoms with van der Waals surface area (Å²) < 4.78 is 65.4. The lowest BCUT2D eigenvalue weighted by Gasteiger charge is -2.17. The van der Waals surface area contributed by atoms with E-state index in [2.05, 4.69) is 25.2 Å². The fraction of sp³-hybridized carbons (Fsp3) is 0.300. The molecule has 3 aromatic rings. The van der Waals surface area contributed by atoms with E-state index in [1.54, 1.807) is 13.8 Å². The zero-order chi connectivity index (χ0) is 23.5. The molecule has 8 nitrogen and oxygen atoms in total. The molecule has 0 aliphatic carbocycles. The van der Waals surface area contributed by atoms with Gasteiger partial charge in [0.15, 0.2) is 11.6 Å². The molecular formula is C20H19F4N5O3. The van der Waals surface area contributed by atoms with Gasteiger partial charge in [-0.15, -0.1) is 0 Å². The van der Waals surface area contributed by atoms with Crippen molar-refractivity contribution in [3.05, 3.63) is 59.3 Å². The third kappa shape index (κ3) is 5.31. The number of nitrogens with one attached hydrogen (secondary N) is 1. The minimum atomic E-state index is -4.84. The molecular weight excluding hydrogens is 434 g/mol. The van der Waals surface area contributed by atoms with E-state index in [1.165, 1.54) is 17.2 Å². The Morgan fingerprint density at radius 2 is 1.88 bits per heavy atom. The molecule has 2 aromatic heterocycles. The summed E-state index contributed by atoms with van der Waals surface area (Å²) in [5.41, 5.74) is -1.05. The summed E-state index contributed by atoms with van der Waals surface area (Å²) in [4.78, 5) is 17.0. The summed E-state index contributed by atoms with van der Waals surface area (Å²) in [5.74, 6) is -3.28. The lowest BCUT2D eigenvalue weighted by molar-refractivity contribution is -0.139. The lowest BCUT2D eigenvalue weighted by atomic mass is 10.1. The predicted octanol–water partition coefficient (Wildman–Crippen LogP) is 4.28.